The molecular weight excluding hydrogens is 408 g/mol. The predicted molar refractivity (Wildman–Crippen MR) is 120 cm³/mol. The van der Waals surface area contributed by atoms with Gasteiger partial charge in [0.2, 0.25) is 5.91 Å². The number of nitrogens with zero attached hydrogens (tertiary/aromatic N) is 4. The number of carbonyl (C=O) groups is 1. The molecule has 7 heteroatoms. The van der Waals surface area contributed by atoms with E-state index in [1.165, 1.54) is 11.8 Å². The van der Waals surface area contributed by atoms with Gasteiger partial charge in [-0.25, -0.2) is 0 Å². The highest BCUT2D eigenvalue weighted by molar-refractivity contribution is 7.99. The Morgan fingerprint density at radius 3 is 2.42 bits per heavy atom. The van der Waals surface area contributed by atoms with E-state index in [0.29, 0.717) is 23.5 Å². The number of carbonyl (C=O) groups excluding carboxylic acids is 1. The molecule has 5 rings (SSSR count). The first-order valence-electron chi connectivity index (χ1n) is 10.3. The van der Waals surface area contributed by atoms with E-state index in [1.54, 1.807) is 6.26 Å². The molecule has 4 aromatic rings. The van der Waals surface area contributed by atoms with Gasteiger partial charge in [-0.3, -0.25) is 9.36 Å². The van der Waals surface area contributed by atoms with Crippen molar-refractivity contribution in [2.45, 2.75) is 30.6 Å². The van der Waals surface area contributed by atoms with E-state index in [0.717, 1.165) is 35.7 Å². The van der Waals surface area contributed by atoms with E-state index in [2.05, 4.69) is 10.2 Å². The standard InChI is InChI=1S/C24H22N4O2S/c29-22(27(19-13-14-19)16-21-12-7-15-30-21)17-31-24-26-25-23(18-8-3-1-4-9-18)28(24)20-10-5-2-6-11-20/h1-12,15,19H,13-14,16-17H2. The molecule has 0 N–H and O–H groups in total. The molecule has 2 heterocycles. The molecule has 1 amide bonds. The molecule has 0 spiro atoms. The summed E-state index contributed by atoms with van der Waals surface area (Å²) in [4.78, 5) is 15.0. The summed E-state index contributed by atoms with van der Waals surface area (Å²) < 4.78 is 7.47. The van der Waals surface area contributed by atoms with Crippen LogP contribution in [0.1, 0.15) is 18.6 Å². The van der Waals surface area contributed by atoms with Gasteiger partial charge in [-0.05, 0) is 37.1 Å². The van der Waals surface area contributed by atoms with Crippen molar-refractivity contribution in [3.05, 3.63) is 84.8 Å². The van der Waals surface area contributed by atoms with Gasteiger partial charge in [0.25, 0.3) is 0 Å². The zero-order valence-electron chi connectivity index (χ0n) is 16.9. The lowest BCUT2D eigenvalue weighted by atomic mass is 10.2. The van der Waals surface area contributed by atoms with Crippen LogP contribution in [0, 0.1) is 0 Å². The summed E-state index contributed by atoms with van der Waals surface area (Å²) in [5, 5.41) is 9.57. The number of para-hydroxylation sites is 1. The summed E-state index contributed by atoms with van der Waals surface area (Å²) in [6.45, 7) is 0.512. The molecule has 6 nitrogen and oxygen atoms in total. The van der Waals surface area contributed by atoms with Crippen LogP contribution in [0.4, 0.5) is 0 Å². The predicted octanol–water partition coefficient (Wildman–Crippen LogP) is 4.81. The van der Waals surface area contributed by atoms with Gasteiger partial charge in [0.15, 0.2) is 11.0 Å². The Morgan fingerprint density at radius 2 is 1.74 bits per heavy atom. The molecule has 156 valence electrons. The molecule has 1 aliphatic carbocycles. The van der Waals surface area contributed by atoms with Crippen LogP contribution in [0.5, 0.6) is 0 Å². The van der Waals surface area contributed by atoms with E-state index in [9.17, 15) is 4.79 Å². The molecule has 0 aliphatic heterocycles. The van der Waals surface area contributed by atoms with E-state index < -0.39 is 0 Å². The Balaban J connectivity index is 1.39. The summed E-state index contributed by atoms with van der Waals surface area (Å²) in [5.74, 6) is 1.96. The number of hydrogen-bond donors (Lipinski definition) is 0. The van der Waals surface area contributed by atoms with Gasteiger partial charge >= 0.3 is 0 Å². The molecule has 1 fully saturated rings. The average Bonchev–Trinajstić information content (AvgIpc) is 3.35. The van der Waals surface area contributed by atoms with Crippen LogP contribution in [0.2, 0.25) is 0 Å². The maximum atomic E-state index is 13.1. The van der Waals surface area contributed by atoms with E-state index >= 15 is 0 Å². The van der Waals surface area contributed by atoms with Gasteiger partial charge in [-0.1, -0.05) is 60.3 Å². The SMILES string of the molecule is O=C(CSc1nnc(-c2ccccc2)n1-c1ccccc1)N(Cc1ccco1)C1CC1. The smallest absolute Gasteiger partial charge is 0.233 e. The molecule has 0 radical (unpaired) electrons. The van der Waals surface area contributed by atoms with Gasteiger partial charge in [0, 0.05) is 17.3 Å². The second kappa shape index (κ2) is 8.81. The van der Waals surface area contributed by atoms with Crippen LogP contribution in [0.25, 0.3) is 17.1 Å². The highest BCUT2D eigenvalue weighted by Gasteiger charge is 2.33. The topological polar surface area (TPSA) is 64.2 Å². The maximum Gasteiger partial charge on any atom is 0.233 e. The summed E-state index contributed by atoms with van der Waals surface area (Å²) in [6.07, 6.45) is 3.75. The first kappa shape index (κ1) is 19.6. The van der Waals surface area contributed by atoms with Crippen LogP contribution in [0.3, 0.4) is 0 Å². The number of benzene rings is 2. The zero-order valence-corrected chi connectivity index (χ0v) is 17.7. The van der Waals surface area contributed by atoms with Crippen molar-refractivity contribution in [1.82, 2.24) is 19.7 Å². The summed E-state index contributed by atoms with van der Waals surface area (Å²) in [5.41, 5.74) is 1.95. The summed E-state index contributed by atoms with van der Waals surface area (Å²) in [7, 11) is 0. The third-order valence-corrected chi connectivity index (χ3v) is 6.13. The quantitative estimate of drug-likeness (QED) is 0.375. The van der Waals surface area contributed by atoms with Crippen LogP contribution in [-0.2, 0) is 11.3 Å². The van der Waals surface area contributed by atoms with Gasteiger partial charge in [-0.2, -0.15) is 0 Å². The Labute approximate surface area is 184 Å². The monoisotopic (exact) mass is 430 g/mol. The minimum atomic E-state index is 0.0905. The number of furan rings is 1. The van der Waals surface area contributed by atoms with Crippen molar-refractivity contribution in [2.75, 3.05) is 5.75 Å². The zero-order chi connectivity index (χ0) is 21.0. The van der Waals surface area contributed by atoms with Gasteiger partial charge in [0.1, 0.15) is 5.76 Å². The van der Waals surface area contributed by atoms with Crippen LogP contribution in [-0.4, -0.2) is 37.4 Å². The number of amides is 1. The van der Waals surface area contributed by atoms with Crippen molar-refractivity contribution in [2.24, 2.45) is 0 Å². The van der Waals surface area contributed by atoms with Crippen LogP contribution >= 0.6 is 11.8 Å². The van der Waals surface area contributed by atoms with E-state index in [4.69, 9.17) is 4.42 Å². The van der Waals surface area contributed by atoms with E-state index in [1.807, 2.05) is 82.3 Å². The highest BCUT2D eigenvalue weighted by atomic mass is 32.2. The molecule has 2 aromatic heterocycles. The fourth-order valence-electron chi connectivity index (χ4n) is 3.53. The number of aromatic nitrogens is 3. The second-order valence-corrected chi connectivity index (χ2v) is 8.41. The van der Waals surface area contributed by atoms with Crippen LogP contribution in [0.15, 0.2) is 88.6 Å². The normalized spacial score (nSPS) is 13.3. The third-order valence-electron chi connectivity index (χ3n) is 5.22. The fourth-order valence-corrected chi connectivity index (χ4v) is 4.37. The van der Waals surface area contributed by atoms with Crippen molar-refractivity contribution in [3.8, 4) is 17.1 Å². The van der Waals surface area contributed by atoms with Crippen molar-refractivity contribution >= 4 is 17.7 Å². The number of thioether (sulfide) groups is 1. The molecular formula is C24H22N4O2S. The number of hydrogen-bond acceptors (Lipinski definition) is 5. The average molecular weight is 431 g/mol. The van der Waals surface area contributed by atoms with E-state index in [-0.39, 0.29) is 5.91 Å². The molecule has 0 bridgehead atoms. The lowest BCUT2D eigenvalue weighted by Gasteiger charge is -2.21. The molecule has 2 aromatic carbocycles. The molecule has 31 heavy (non-hydrogen) atoms. The molecule has 0 unspecified atom stereocenters. The van der Waals surface area contributed by atoms with Gasteiger partial charge in [-0.15, -0.1) is 10.2 Å². The largest absolute Gasteiger partial charge is 0.467 e. The molecule has 1 aliphatic rings. The Kier molecular flexibility index (Phi) is 5.58. The van der Waals surface area contributed by atoms with Gasteiger partial charge in [0.05, 0.1) is 18.6 Å². The Morgan fingerprint density at radius 1 is 1.00 bits per heavy atom. The summed E-state index contributed by atoms with van der Waals surface area (Å²) in [6, 6.07) is 24.1. The third kappa shape index (κ3) is 4.41. The second-order valence-electron chi connectivity index (χ2n) is 7.46. The first-order chi connectivity index (χ1) is 15.3. The summed E-state index contributed by atoms with van der Waals surface area (Å²) >= 11 is 1.42. The molecule has 1 saturated carbocycles. The first-order valence-corrected chi connectivity index (χ1v) is 11.3. The minimum absolute atomic E-state index is 0.0905. The van der Waals surface area contributed by atoms with Crippen molar-refractivity contribution in [1.29, 1.82) is 0 Å². The van der Waals surface area contributed by atoms with Gasteiger partial charge < -0.3 is 9.32 Å². The lowest BCUT2D eigenvalue weighted by molar-refractivity contribution is -0.129. The fraction of sp³-hybridized carbons (Fsp3) is 0.208. The maximum absolute atomic E-state index is 13.1. The Hall–Kier alpha value is -3.32. The number of rotatable bonds is 8. The molecule has 0 saturated heterocycles. The van der Waals surface area contributed by atoms with Crippen LogP contribution < -0.4 is 0 Å². The van der Waals surface area contributed by atoms with Crippen molar-refractivity contribution < 1.29 is 9.21 Å². The highest BCUT2D eigenvalue weighted by Crippen LogP contribution is 2.31. The minimum Gasteiger partial charge on any atom is -0.467 e. The lowest BCUT2D eigenvalue weighted by Crippen LogP contribution is -2.33. The Bertz CT molecular complexity index is 1140. The molecule has 0 atom stereocenters. The van der Waals surface area contributed by atoms with Crippen molar-refractivity contribution in [3.63, 3.8) is 0 Å².